The van der Waals surface area contributed by atoms with Crippen LogP contribution in [0.5, 0.6) is 0 Å². The first-order valence-corrected chi connectivity index (χ1v) is 18.8. The van der Waals surface area contributed by atoms with Crippen LogP contribution in [0.2, 0.25) is 0 Å². The molecule has 262 valence electrons. The molecule has 0 aliphatic heterocycles. The topological polar surface area (TPSA) is 111 Å². The normalized spacial score (nSPS) is 11.6. The highest BCUT2D eigenvalue weighted by Gasteiger charge is 2.25. The molecule has 0 aliphatic rings. The minimum absolute atomic E-state index is 0.0684. The maximum atomic E-state index is 14.0. The van der Waals surface area contributed by atoms with E-state index in [1.54, 1.807) is 48.5 Å². The SMILES string of the molecule is N#Cc1c(-c2ccccc2)csc1NC(=O)C(Sc1cccc(NC(=O)/C(=C\c2cccc3ccccc23)NC(=O)c2ccccc2)c1)c1ccccc1. The average molecular weight is 741 g/mol. The number of carbonyl (C=O) groups excluding carboxylic acids is 3. The first-order valence-electron chi connectivity index (χ1n) is 17.0. The van der Waals surface area contributed by atoms with Crippen molar-refractivity contribution < 1.29 is 14.4 Å². The quantitative estimate of drug-likeness (QED) is 0.0903. The molecular weight excluding hydrogens is 709 g/mol. The number of thioether (sulfide) groups is 1. The fourth-order valence-corrected chi connectivity index (χ4v) is 7.93. The van der Waals surface area contributed by atoms with Gasteiger partial charge in [-0.1, -0.05) is 127 Å². The van der Waals surface area contributed by atoms with E-state index in [0.717, 1.165) is 37.9 Å². The summed E-state index contributed by atoms with van der Waals surface area (Å²) in [4.78, 5) is 42.0. The fourth-order valence-electron chi connectivity index (χ4n) is 5.93. The number of nitrogens with one attached hydrogen (secondary N) is 3. The summed E-state index contributed by atoms with van der Waals surface area (Å²) in [5.74, 6) is -1.22. The monoisotopic (exact) mass is 740 g/mol. The van der Waals surface area contributed by atoms with Crippen molar-refractivity contribution in [1.29, 1.82) is 5.26 Å². The summed E-state index contributed by atoms with van der Waals surface area (Å²) in [6.45, 7) is 0. The molecule has 1 aromatic heterocycles. The van der Waals surface area contributed by atoms with Gasteiger partial charge < -0.3 is 16.0 Å². The molecule has 0 saturated heterocycles. The van der Waals surface area contributed by atoms with Crippen LogP contribution in [0.3, 0.4) is 0 Å². The van der Waals surface area contributed by atoms with Crippen LogP contribution in [0.1, 0.15) is 32.3 Å². The lowest BCUT2D eigenvalue weighted by atomic mass is 10.0. The van der Waals surface area contributed by atoms with E-state index < -0.39 is 17.1 Å². The maximum Gasteiger partial charge on any atom is 0.272 e. The predicted molar refractivity (Wildman–Crippen MR) is 219 cm³/mol. The molecule has 0 spiro atoms. The Kier molecular flexibility index (Phi) is 11.1. The average Bonchev–Trinajstić information content (AvgIpc) is 3.63. The third kappa shape index (κ3) is 8.32. The van der Waals surface area contributed by atoms with Gasteiger partial charge in [0.2, 0.25) is 5.91 Å². The van der Waals surface area contributed by atoms with Crippen molar-refractivity contribution in [1.82, 2.24) is 5.32 Å². The zero-order chi connectivity index (χ0) is 37.3. The van der Waals surface area contributed by atoms with Crippen LogP contribution in [0.25, 0.3) is 28.0 Å². The van der Waals surface area contributed by atoms with Gasteiger partial charge in [0.05, 0.1) is 5.56 Å². The van der Waals surface area contributed by atoms with Crippen molar-refractivity contribution in [2.75, 3.05) is 10.6 Å². The zero-order valence-electron chi connectivity index (χ0n) is 28.7. The third-order valence-electron chi connectivity index (χ3n) is 8.56. The molecule has 0 aliphatic carbocycles. The molecule has 1 atom stereocenters. The number of anilines is 2. The van der Waals surface area contributed by atoms with E-state index in [4.69, 9.17) is 0 Å². The number of nitrogens with zero attached hydrogens (tertiary/aromatic N) is 1. The second kappa shape index (κ2) is 16.7. The molecule has 0 radical (unpaired) electrons. The van der Waals surface area contributed by atoms with Crippen molar-refractivity contribution in [3.63, 3.8) is 0 Å². The Labute approximate surface area is 321 Å². The van der Waals surface area contributed by atoms with Gasteiger partial charge in [0.1, 0.15) is 22.0 Å². The van der Waals surface area contributed by atoms with E-state index >= 15 is 0 Å². The van der Waals surface area contributed by atoms with Crippen molar-refractivity contribution >= 4 is 68.4 Å². The number of thiophene rings is 1. The summed E-state index contributed by atoms with van der Waals surface area (Å²) in [6.07, 6.45) is 1.68. The second-order valence-corrected chi connectivity index (χ2v) is 14.2. The molecule has 3 N–H and O–H groups in total. The molecule has 7 rings (SSSR count). The van der Waals surface area contributed by atoms with Crippen LogP contribution in [0.4, 0.5) is 10.7 Å². The fraction of sp³-hybridized carbons (Fsp3) is 0.0222. The van der Waals surface area contributed by atoms with Gasteiger partial charge in [-0.3, -0.25) is 14.4 Å². The summed E-state index contributed by atoms with van der Waals surface area (Å²) in [6, 6.07) is 50.9. The number of amides is 3. The number of benzene rings is 6. The van der Waals surface area contributed by atoms with Gasteiger partial charge in [-0.05, 0) is 63.9 Å². The lowest BCUT2D eigenvalue weighted by molar-refractivity contribution is -0.116. The third-order valence-corrected chi connectivity index (χ3v) is 10.7. The lowest BCUT2D eigenvalue weighted by Gasteiger charge is -2.18. The molecule has 1 unspecified atom stereocenters. The maximum absolute atomic E-state index is 14.0. The summed E-state index contributed by atoms with van der Waals surface area (Å²) in [5.41, 5.74) is 4.58. The Morgan fingerprint density at radius 1 is 0.722 bits per heavy atom. The molecule has 54 heavy (non-hydrogen) atoms. The van der Waals surface area contributed by atoms with Gasteiger partial charge in [-0.25, -0.2) is 0 Å². The second-order valence-electron chi connectivity index (χ2n) is 12.2. The van der Waals surface area contributed by atoms with E-state index in [0.29, 0.717) is 21.8 Å². The van der Waals surface area contributed by atoms with E-state index in [1.807, 2.05) is 121 Å². The van der Waals surface area contributed by atoms with Crippen LogP contribution in [0.15, 0.2) is 174 Å². The first kappa shape index (κ1) is 35.7. The molecule has 9 heteroatoms. The highest BCUT2D eigenvalue weighted by Crippen LogP contribution is 2.40. The van der Waals surface area contributed by atoms with Crippen molar-refractivity contribution in [2.24, 2.45) is 0 Å². The van der Waals surface area contributed by atoms with E-state index in [1.165, 1.54) is 23.1 Å². The molecule has 0 saturated carbocycles. The smallest absolute Gasteiger partial charge is 0.272 e. The Balaban J connectivity index is 1.15. The summed E-state index contributed by atoms with van der Waals surface area (Å²) in [7, 11) is 0. The van der Waals surface area contributed by atoms with Crippen molar-refractivity contribution in [3.05, 3.63) is 191 Å². The number of carbonyl (C=O) groups is 3. The highest BCUT2D eigenvalue weighted by molar-refractivity contribution is 8.00. The van der Waals surface area contributed by atoms with Gasteiger partial charge in [-0.15, -0.1) is 23.1 Å². The van der Waals surface area contributed by atoms with Crippen LogP contribution < -0.4 is 16.0 Å². The van der Waals surface area contributed by atoms with Crippen molar-refractivity contribution in [2.45, 2.75) is 10.1 Å². The largest absolute Gasteiger partial charge is 0.321 e. The highest BCUT2D eigenvalue weighted by atomic mass is 32.2. The van der Waals surface area contributed by atoms with E-state index in [9.17, 15) is 19.6 Å². The van der Waals surface area contributed by atoms with Gasteiger partial charge in [0, 0.05) is 27.1 Å². The number of fused-ring (bicyclic) bond motifs is 1. The van der Waals surface area contributed by atoms with Crippen LogP contribution in [0, 0.1) is 11.3 Å². The molecule has 0 fully saturated rings. The Hall–Kier alpha value is -6.73. The Morgan fingerprint density at radius 3 is 2.15 bits per heavy atom. The Morgan fingerprint density at radius 2 is 1.39 bits per heavy atom. The van der Waals surface area contributed by atoms with E-state index in [2.05, 4.69) is 22.0 Å². The summed E-state index contributed by atoms with van der Waals surface area (Å²) >= 11 is 2.63. The minimum atomic E-state index is -0.682. The lowest BCUT2D eigenvalue weighted by Crippen LogP contribution is -2.30. The number of hydrogen-bond acceptors (Lipinski definition) is 6. The minimum Gasteiger partial charge on any atom is -0.321 e. The molecule has 1 heterocycles. The first-order chi connectivity index (χ1) is 26.5. The molecule has 7 nitrogen and oxygen atoms in total. The molecule has 6 aromatic carbocycles. The van der Waals surface area contributed by atoms with Crippen LogP contribution >= 0.6 is 23.1 Å². The zero-order valence-corrected chi connectivity index (χ0v) is 30.4. The molecular formula is C45H32N4O3S2. The number of rotatable bonds is 11. The standard InChI is InChI=1S/C45H32N4O3S2/c46-28-38-39(31-14-4-1-5-15-31)29-53-45(38)49-44(52)41(32-17-6-2-7-18-32)54-36-24-13-23-35(27-36)47-43(51)40(48-42(50)33-19-8-3-9-20-33)26-34-22-12-21-30-16-10-11-25-37(30)34/h1-27,29,41H,(H,47,51)(H,48,50)(H,49,52)/b40-26+. The molecule has 3 amide bonds. The van der Waals surface area contributed by atoms with Gasteiger partial charge in [0.15, 0.2) is 0 Å². The van der Waals surface area contributed by atoms with Crippen LogP contribution in [-0.4, -0.2) is 17.7 Å². The van der Waals surface area contributed by atoms with Crippen molar-refractivity contribution in [3.8, 4) is 17.2 Å². The predicted octanol–water partition coefficient (Wildman–Crippen LogP) is 10.3. The van der Waals surface area contributed by atoms with Gasteiger partial charge >= 0.3 is 0 Å². The Bertz CT molecular complexity index is 2520. The molecule has 7 aromatic rings. The van der Waals surface area contributed by atoms with Gasteiger partial charge in [-0.2, -0.15) is 5.26 Å². The van der Waals surface area contributed by atoms with Crippen LogP contribution in [-0.2, 0) is 9.59 Å². The van der Waals surface area contributed by atoms with Gasteiger partial charge in [0.25, 0.3) is 11.8 Å². The van der Waals surface area contributed by atoms with E-state index in [-0.39, 0.29) is 11.6 Å². The molecule has 0 bridgehead atoms. The number of nitriles is 1. The summed E-state index contributed by atoms with van der Waals surface area (Å²) < 4.78 is 0. The number of hydrogen-bond donors (Lipinski definition) is 3. The summed E-state index contributed by atoms with van der Waals surface area (Å²) in [5, 5.41) is 22.5.